The van der Waals surface area contributed by atoms with Gasteiger partial charge in [0.15, 0.2) is 0 Å². The molecule has 1 aliphatic heterocycles. The van der Waals surface area contributed by atoms with Crippen molar-refractivity contribution >= 4 is 33.3 Å². The summed E-state index contributed by atoms with van der Waals surface area (Å²) in [5, 5.41) is 2.00. The highest BCUT2D eigenvalue weighted by atomic mass is 32.2. The van der Waals surface area contributed by atoms with E-state index in [-0.39, 0.29) is 11.9 Å². The molecule has 3 rings (SSSR count). The van der Waals surface area contributed by atoms with Gasteiger partial charge in [-0.3, -0.25) is 4.79 Å². The molecule has 0 saturated carbocycles. The zero-order valence-electron chi connectivity index (χ0n) is 17.0. The molecule has 1 fully saturated rings. The minimum atomic E-state index is -3.45. The van der Waals surface area contributed by atoms with Gasteiger partial charge < -0.3 is 4.90 Å². The van der Waals surface area contributed by atoms with Crippen LogP contribution in [0.15, 0.2) is 52.7 Å². The molecule has 5 nitrogen and oxygen atoms in total. The standard InChI is InChI=1S/C22H28N2O3S2/c1-18(21-8-7-17-28-21)23(2)22(25)14-11-19-9-12-20(13-10-19)29(26,27)24-15-5-3-4-6-16-24/h7-14,17-18H,3-6,15-16H2,1-2H3. The molecule has 0 spiro atoms. The molecule has 1 atom stereocenters. The van der Waals surface area contributed by atoms with E-state index in [1.807, 2.05) is 24.4 Å². The van der Waals surface area contributed by atoms with E-state index in [2.05, 4.69) is 0 Å². The van der Waals surface area contributed by atoms with Crippen molar-refractivity contribution < 1.29 is 13.2 Å². The number of sulfonamides is 1. The number of carbonyl (C=O) groups is 1. The first kappa shape index (κ1) is 21.7. The fourth-order valence-corrected chi connectivity index (χ4v) is 5.72. The topological polar surface area (TPSA) is 57.7 Å². The summed E-state index contributed by atoms with van der Waals surface area (Å²) in [6.45, 7) is 3.18. The van der Waals surface area contributed by atoms with Gasteiger partial charge >= 0.3 is 0 Å². The predicted molar refractivity (Wildman–Crippen MR) is 118 cm³/mol. The Balaban J connectivity index is 1.66. The van der Waals surface area contributed by atoms with E-state index in [1.165, 1.54) is 6.08 Å². The summed E-state index contributed by atoms with van der Waals surface area (Å²) in [4.78, 5) is 15.6. The van der Waals surface area contributed by atoms with Crippen LogP contribution in [-0.2, 0) is 14.8 Å². The van der Waals surface area contributed by atoms with Crippen molar-refractivity contribution in [3.8, 4) is 0 Å². The van der Waals surface area contributed by atoms with Gasteiger partial charge in [-0.2, -0.15) is 4.31 Å². The fraction of sp³-hybridized carbons (Fsp3) is 0.409. The molecule has 1 aliphatic rings. The molecular weight excluding hydrogens is 404 g/mol. The highest BCUT2D eigenvalue weighted by Crippen LogP contribution is 2.24. The number of hydrogen-bond donors (Lipinski definition) is 0. The van der Waals surface area contributed by atoms with Crippen molar-refractivity contribution in [3.05, 3.63) is 58.3 Å². The van der Waals surface area contributed by atoms with Crippen molar-refractivity contribution in [2.45, 2.75) is 43.5 Å². The summed E-state index contributed by atoms with van der Waals surface area (Å²) < 4.78 is 27.3. The zero-order chi connectivity index (χ0) is 20.9. The Morgan fingerprint density at radius 3 is 2.34 bits per heavy atom. The summed E-state index contributed by atoms with van der Waals surface area (Å²) in [5.41, 5.74) is 0.797. The van der Waals surface area contributed by atoms with Crippen LogP contribution in [0.1, 0.15) is 49.1 Å². The molecule has 156 valence electrons. The molecule has 1 amide bonds. The van der Waals surface area contributed by atoms with Gasteiger partial charge in [0, 0.05) is 31.1 Å². The molecule has 1 aromatic carbocycles. The second-order valence-electron chi connectivity index (χ2n) is 7.36. The molecule has 0 bridgehead atoms. The van der Waals surface area contributed by atoms with E-state index < -0.39 is 10.0 Å². The smallest absolute Gasteiger partial charge is 0.246 e. The molecule has 7 heteroatoms. The molecule has 0 N–H and O–H groups in total. The first-order chi connectivity index (χ1) is 13.9. The minimum absolute atomic E-state index is 0.00768. The van der Waals surface area contributed by atoms with Crippen LogP contribution in [0.2, 0.25) is 0 Å². The number of rotatable bonds is 6. The number of amides is 1. The van der Waals surface area contributed by atoms with Crippen LogP contribution >= 0.6 is 11.3 Å². The lowest BCUT2D eigenvalue weighted by Gasteiger charge is -2.22. The fourth-order valence-electron chi connectivity index (χ4n) is 3.38. The number of benzene rings is 1. The van der Waals surface area contributed by atoms with Crippen LogP contribution in [0.5, 0.6) is 0 Å². The average Bonchev–Trinajstić information content (AvgIpc) is 3.12. The Morgan fingerprint density at radius 2 is 1.76 bits per heavy atom. The van der Waals surface area contributed by atoms with Gasteiger partial charge in [0.1, 0.15) is 0 Å². The molecule has 2 aromatic rings. The SMILES string of the molecule is CC(c1cccs1)N(C)C(=O)C=Cc1ccc(S(=O)(=O)N2CCCCCC2)cc1. The van der Waals surface area contributed by atoms with E-state index in [0.717, 1.165) is 36.1 Å². The van der Waals surface area contributed by atoms with E-state index in [4.69, 9.17) is 0 Å². The summed E-state index contributed by atoms with van der Waals surface area (Å²) in [5.74, 6) is -0.0906. The summed E-state index contributed by atoms with van der Waals surface area (Å²) in [7, 11) is -1.66. The quantitative estimate of drug-likeness (QED) is 0.630. The molecule has 0 aliphatic carbocycles. The molecule has 0 radical (unpaired) electrons. The third kappa shape index (κ3) is 5.35. The number of carbonyl (C=O) groups excluding carboxylic acids is 1. The van der Waals surface area contributed by atoms with Crippen molar-refractivity contribution in [1.82, 2.24) is 9.21 Å². The van der Waals surface area contributed by atoms with Gasteiger partial charge in [-0.1, -0.05) is 31.0 Å². The van der Waals surface area contributed by atoms with Crippen LogP contribution in [0.25, 0.3) is 6.08 Å². The number of likely N-dealkylation sites (N-methyl/N-ethyl adjacent to an activating group) is 1. The molecule has 1 aromatic heterocycles. The molecule has 1 unspecified atom stereocenters. The molecule has 1 saturated heterocycles. The summed E-state index contributed by atoms with van der Waals surface area (Å²) in [6.07, 6.45) is 7.26. The maximum atomic E-state index is 12.8. The second-order valence-corrected chi connectivity index (χ2v) is 10.3. The normalized spacial score (nSPS) is 17.2. The van der Waals surface area contributed by atoms with E-state index in [0.29, 0.717) is 18.0 Å². The van der Waals surface area contributed by atoms with Gasteiger partial charge in [0.2, 0.25) is 15.9 Å². The van der Waals surface area contributed by atoms with Crippen LogP contribution < -0.4 is 0 Å². The lowest BCUT2D eigenvalue weighted by atomic mass is 10.2. The Kier molecular flexibility index (Phi) is 7.27. The number of thiophene rings is 1. The first-order valence-electron chi connectivity index (χ1n) is 9.98. The van der Waals surface area contributed by atoms with Gasteiger partial charge in [0.05, 0.1) is 10.9 Å². The highest BCUT2D eigenvalue weighted by molar-refractivity contribution is 7.89. The predicted octanol–water partition coefficient (Wildman–Crippen LogP) is 4.55. The first-order valence-corrected chi connectivity index (χ1v) is 12.3. The monoisotopic (exact) mass is 432 g/mol. The van der Waals surface area contributed by atoms with Crippen molar-refractivity contribution in [2.24, 2.45) is 0 Å². The number of hydrogen-bond acceptors (Lipinski definition) is 4. The maximum absolute atomic E-state index is 12.8. The number of nitrogens with zero attached hydrogens (tertiary/aromatic N) is 2. The maximum Gasteiger partial charge on any atom is 0.246 e. The van der Waals surface area contributed by atoms with E-state index in [9.17, 15) is 13.2 Å². The third-order valence-corrected chi connectivity index (χ3v) is 8.34. The molecular formula is C22H28N2O3S2. The van der Waals surface area contributed by atoms with Gasteiger partial charge in [0.25, 0.3) is 0 Å². The van der Waals surface area contributed by atoms with Gasteiger partial charge in [-0.05, 0) is 55.0 Å². The summed E-state index contributed by atoms with van der Waals surface area (Å²) >= 11 is 1.63. The Morgan fingerprint density at radius 1 is 1.10 bits per heavy atom. The van der Waals surface area contributed by atoms with Crippen molar-refractivity contribution in [2.75, 3.05) is 20.1 Å². The highest BCUT2D eigenvalue weighted by Gasteiger charge is 2.24. The lowest BCUT2D eigenvalue weighted by Crippen LogP contribution is -2.31. The van der Waals surface area contributed by atoms with Crippen LogP contribution in [0, 0.1) is 0 Å². The third-order valence-electron chi connectivity index (χ3n) is 5.38. The van der Waals surface area contributed by atoms with Crippen molar-refractivity contribution in [1.29, 1.82) is 0 Å². The van der Waals surface area contributed by atoms with Gasteiger partial charge in [-0.25, -0.2) is 8.42 Å². The average molecular weight is 433 g/mol. The van der Waals surface area contributed by atoms with E-state index >= 15 is 0 Å². The Labute approximate surface area is 177 Å². The lowest BCUT2D eigenvalue weighted by molar-refractivity contribution is -0.126. The van der Waals surface area contributed by atoms with E-state index in [1.54, 1.807) is 57.9 Å². The van der Waals surface area contributed by atoms with Crippen LogP contribution in [0.3, 0.4) is 0 Å². The molecule has 29 heavy (non-hydrogen) atoms. The largest absolute Gasteiger partial charge is 0.335 e. The zero-order valence-corrected chi connectivity index (χ0v) is 18.6. The Bertz CT molecular complexity index is 927. The summed E-state index contributed by atoms with van der Waals surface area (Å²) in [6, 6.07) is 10.8. The van der Waals surface area contributed by atoms with Gasteiger partial charge in [-0.15, -0.1) is 11.3 Å². The van der Waals surface area contributed by atoms with Crippen LogP contribution in [-0.4, -0.2) is 43.7 Å². The molecule has 2 heterocycles. The van der Waals surface area contributed by atoms with Crippen molar-refractivity contribution in [3.63, 3.8) is 0 Å². The Hall–Kier alpha value is -1.96. The minimum Gasteiger partial charge on any atom is -0.335 e. The second kappa shape index (κ2) is 9.69. The van der Waals surface area contributed by atoms with Crippen LogP contribution in [0.4, 0.5) is 0 Å².